The number of rotatable bonds is 11. The molecule has 2 N–H and O–H groups in total. The highest BCUT2D eigenvalue weighted by molar-refractivity contribution is 8.01. The molecule has 2 saturated heterocycles. The first-order chi connectivity index (χ1) is 22.8. The molecule has 0 aromatic heterocycles. The Hall–Kier alpha value is -3.82. The number of carbonyl (C=O) groups excluding carboxylic acids is 3. The number of nitrogens with one attached hydrogen (secondary N) is 2. The standard InChI is InChI=1S/C33H34F6N4O4S/c34-32(35,36)23-9-10-25(26(17-23)33(37,38)39)31-43(20-29(45)40-11-4-12-42-13-15-47-16-14-42)30(46)27(48-31)18-28(44)41-19-22-7-3-6-21-5-1-2-8-24(21)22/h1-3,5-10,17,27,31H,4,11-16,18-20H2,(H,40,45)(H,41,44)/t27-,31-/m1/s1. The van der Waals surface area contributed by atoms with Crippen molar-refractivity contribution in [2.75, 3.05) is 45.9 Å². The topological polar surface area (TPSA) is 91.0 Å². The predicted octanol–water partition coefficient (Wildman–Crippen LogP) is 5.37. The van der Waals surface area contributed by atoms with E-state index < -0.39 is 70.4 Å². The smallest absolute Gasteiger partial charge is 0.379 e. The van der Waals surface area contributed by atoms with Crippen molar-refractivity contribution >= 4 is 40.3 Å². The van der Waals surface area contributed by atoms with Gasteiger partial charge in [-0.3, -0.25) is 19.3 Å². The molecule has 0 radical (unpaired) electrons. The van der Waals surface area contributed by atoms with Crippen LogP contribution in [0.15, 0.2) is 60.7 Å². The molecule has 0 bridgehead atoms. The Labute approximate surface area is 277 Å². The average Bonchev–Trinajstić information content (AvgIpc) is 3.35. The Morgan fingerprint density at radius 2 is 1.62 bits per heavy atom. The molecule has 2 fully saturated rings. The maximum Gasteiger partial charge on any atom is 0.416 e. The lowest BCUT2D eigenvalue weighted by Crippen LogP contribution is -2.42. The van der Waals surface area contributed by atoms with Crippen molar-refractivity contribution in [1.29, 1.82) is 0 Å². The van der Waals surface area contributed by atoms with Crippen molar-refractivity contribution in [3.8, 4) is 0 Å². The van der Waals surface area contributed by atoms with E-state index in [4.69, 9.17) is 4.74 Å². The number of amides is 3. The molecular formula is C33H34F6N4O4S. The fourth-order valence-corrected chi connectivity index (χ4v) is 7.25. The number of thioether (sulfide) groups is 1. The third kappa shape index (κ3) is 8.80. The lowest BCUT2D eigenvalue weighted by molar-refractivity contribution is -0.144. The highest BCUT2D eigenvalue weighted by atomic mass is 32.2. The first-order valence-electron chi connectivity index (χ1n) is 15.4. The van der Waals surface area contributed by atoms with E-state index in [2.05, 4.69) is 15.5 Å². The fourth-order valence-electron chi connectivity index (χ4n) is 5.77. The van der Waals surface area contributed by atoms with Crippen LogP contribution >= 0.6 is 11.8 Å². The van der Waals surface area contributed by atoms with Crippen molar-refractivity contribution in [2.45, 2.75) is 42.4 Å². The lowest BCUT2D eigenvalue weighted by atomic mass is 10.0. The molecule has 0 aliphatic carbocycles. The van der Waals surface area contributed by atoms with Gasteiger partial charge in [0.2, 0.25) is 17.7 Å². The minimum Gasteiger partial charge on any atom is -0.379 e. The highest BCUT2D eigenvalue weighted by Gasteiger charge is 2.47. The quantitative estimate of drug-likeness (QED) is 0.207. The van der Waals surface area contributed by atoms with Crippen LogP contribution in [0.4, 0.5) is 26.3 Å². The third-order valence-electron chi connectivity index (χ3n) is 8.20. The Morgan fingerprint density at radius 3 is 2.35 bits per heavy atom. The van der Waals surface area contributed by atoms with Gasteiger partial charge in [-0.25, -0.2) is 0 Å². The molecule has 3 amide bonds. The molecule has 0 spiro atoms. The Morgan fingerprint density at radius 1 is 0.896 bits per heavy atom. The molecule has 258 valence electrons. The molecular weight excluding hydrogens is 662 g/mol. The second kappa shape index (κ2) is 15.2. The summed E-state index contributed by atoms with van der Waals surface area (Å²) in [4.78, 5) is 42.6. The molecule has 3 aromatic rings. The van der Waals surface area contributed by atoms with Gasteiger partial charge in [0, 0.05) is 32.6 Å². The Kier molecular flexibility index (Phi) is 11.2. The number of hydrogen-bond donors (Lipinski definition) is 2. The van der Waals surface area contributed by atoms with Gasteiger partial charge in [-0.1, -0.05) is 48.5 Å². The van der Waals surface area contributed by atoms with E-state index in [1.165, 1.54) is 0 Å². The molecule has 2 aliphatic rings. The monoisotopic (exact) mass is 696 g/mol. The van der Waals surface area contributed by atoms with Gasteiger partial charge >= 0.3 is 12.4 Å². The van der Waals surface area contributed by atoms with Gasteiger partial charge in [0.1, 0.15) is 11.9 Å². The first-order valence-corrected chi connectivity index (χ1v) is 16.3. The Bertz CT molecular complexity index is 1620. The van der Waals surface area contributed by atoms with E-state index >= 15 is 0 Å². The molecule has 2 heterocycles. The normalized spacial score (nSPS) is 19.1. The predicted molar refractivity (Wildman–Crippen MR) is 168 cm³/mol. The van der Waals surface area contributed by atoms with Gasteiger partial charge < -0.3 is 20.3 Å². The zero-order valence-corrected chi connectivity index (χ0v) is 26.5. The number of fused-ring (bicyclic) bond motifs is 1. The van der Waals surface area contributed by atoms with Gasteiger partial charge in [-0.2, -0.15) is 26.3 Å². The third-order valence-corrected chi connectivity index (χ3v) is 9.67. The largest absolute Gasteiger partial charge is 0.416 e. The molecule has 48 heavy (non-hydrogen) atoms. The number of halogens is 6. The van der Waals surface area contributed by atoms with Gasteiger partial charge in [0.25, 0.3) is 0 Å². The van der Waals surface area contributed by atoms with Crippen LogP contribution < -0.4 is 10.6 Å². The van der Waals surface area contributed by atoms with E-state index in [1.54, 1.807) is 0 Å². The van der Waals surface area contributed by atoms with E-state index in [-0.39, 0.29) is 19.2 Å². The molecule has 2 aliphatic heterocycles. The molecule has 0 unspecified atom stereocenters. The molecule has 8 nitrogen and oxygen atoms in total. The van der Waals surface area contributed by atoms with Crippen molar-refractivity contribution in [3.05, 3.63) is 82.9 Å². The van der Waals surface area contributed by atoms with Crippen LogP contribution in [0, 0.1) is 0 Å². The van der Waals surface area contributed by atoms with E-state index in [0.717, 1.165) is 34.3 Å². The summed E-state index contributed by atoms with van der Waals surface area (Å²) in [5.74, 6) is -1.95. The van der Waals surface area contributed by atoms with Gasteiger partial charge in [-0.05, 0) is 47.0 Å². The first kappa shape index (κ1) is 35.5. The second-order valence-corrected chi connectivity index (χ2v) is 12.8. The van der Waals surface area contributed by atoms with Gasteiger partial charge in [-0.15, -0.1) is 11.8 Å². The summed E-state index contributed by atoms with van der Waals surface area (Å²) < 4.78 is 87.9. The van der Waals surface area contributed by atoms with Crippen LogP contribution in [0.3, 0.4) is 0 Å². The Balaban J connectivity index is 1.31. The van der Waals surface area contributed by atoms with Crippen LogP contribution in [-0.2, 0) is 38.0 Å². The summed E-state index contributed by atoms with van der Waals surface area (Å²) in [7, 11) is 0. The second-order valence-electron chi connectivity index (χ2n) is 11.5. The molecule has 2 atom stereocenters. The van der Waals surface area contributed by atoms with Crippen molar-refractivity contribution in [3.63, 3.8) is 0 Å². The van der Waals surface area contributed by atoms with Crippen molar-refractivity contribution < 1.29 is 45.5 Å². The van der Waals surface area contributed by atoms with Crippen LogP contribution in [0.5, 0.6) is 0 Å². The average molecular weight is 697 g/mol. The number of hydrogen-bond acceptors (Lipinski definition) is 6. The van der Waals surface area contributed by atoms with Crippen LogP contribution in [0.2, 0.25) is 0 Å². The number of nitrogens with zero attached hydrogens (tertiary/aromatic N) is 2. The number of morpholine rings is 1. The summed E-state index contributed by atoms with van der Waals surface area (Å²) in [5.41, 5.74) is -2.86. The van der Waals surface area contributed by atoms with E-state index in [9.17, 15) is 40.7 Å². The van der Waals surface area contributed by atoms with Gasteiger partial charge in [0.15, 0.2) is 0 Å². The zero-order chi connectivity index (χ0) is 34.5. The summed E-state index contributed by atoms with van der Waals surface area (Å²) in [6.07, 6.45) is -10.1. The molecule has 5 rings (SSSR count). The highest BCUT2D eigenvalue weighted by Crippen LogP contribution is 2.49. The summed E-state index contributed by atoms with van der Waals surface area (Å²) in [6, 6.07) is 14.3. The number of ether oxygens (including phenoxy) is 1. The number of carbonyl (C=O) groups is 3. The minimum atomic E-state index is -5.19. The molecule has 0 saturated carbocycles. The van der Waals surface area contributed by atoms with E-state index in [0.29, 0.717) is 50.1 Å². The van der Waals surface area contributed by atoms with Crippen molar-refractivity contribution in [2.24, 2.45) is 0 Å². The van der Waals surface area contributed by atoms with Crippen LogP contribution in [-0.4, -0.2) is 78.7 Å². The van der Waals surface area contributed by atoms with Crippen molar-refractivity contribution in [1.82, 2.24) is 20.4 Å². The van der Waals surface area contributed by atoms with Gasteiger partial charge in [0.05, 0.1) is 29.6 Å². The van der Waals surface area contributed by atoms with Crippen LogP contribution in [0.25, 0.3) is 10.8 Å². The minimum absolute atomic E-state index is 0.00841. The molecule has 15 heteroatoms. The maximum absolute atomic E-state index is 14.2. The van der Waals surface area contributed by atoms with E-state index in [1.807, 2.05) is 42.5 Å². The fraction of sp³-hybridized carbons (Fsp3) is 0.424. The van der Waals surface area contributed by atoms with Crippen LogP contribution in [0.1, 0.15) is 40.5 Å². The summed E-state index contributed by atoms with van der Waals surface area (Å²) in [5, 5.41) is 4.65. The SMILES string of the molecule is O=C(C[C@H]1S[C@H](c2ccc(C(F)(F)F)cc2C(F)(F)F)N(CC(=O)NCCCN2CCOCC2)C1=O)NCc1cccc2ccccc12. The zero-order valence-electron chi connectivity index (χ0n) is 25.7. The number of benzene rings is 3. The summed E-state index contributed by atoms with van der Waals surface area (Å²) in [6.45, 7) is 3.12. The summed E-state index contributed by atoms with van der Waals surface area (Å²) >= 11 is 0.701. The lowest BCUT2D eigenvalue weighted by Gasteiger charge is -2.27. The molecule has 3 aromatic carbocycles. The maximum atomic E-state index is 14.2. The number of alkyl halides is 6.